The zero-order valence-electron chi connectivity index (χ0n) is 22.1. The van der Waals surface area contributed by atoms with Gasteiger partial charge in [0.1, 0.15) is 11.5 Å². The molecule has 1 saturated heterocycles. The second kappa shape index (κ2) is 10.2. The molecule has 1 aromatic carbocycles. The lowest BCUT2D eigenvalue weighted by molar-refractivity contribution is 0.101. The van der Waals surface area contributed by atoms with Crippen LogP contribution in [0.25, 0.3) is 11.0 Å². The van der Waals surface area contributed by atoms with Gasteiger partial charge in [0, 0.05) is 55.5 Å². The van der Waals surface area contributed by atoms with Gasteiger partial charge in [-0.25, -0.2) is 9.37 Å². The molecule has 0 unspecified atom stereocenters. The van der Waals surface area contributed by atoms with Gasteiger partial charge in [0.25, 0.3) is 5.56 Å². The van der Waals surface area contributed by atoms with Gasteiger partial charge < -0.3 is 10.2 Å². The van der Waals surface area contributed by atoms with E-state index in [9.17, 15) is 9.59 Å². The molecule has 0 spiro atoms. The highest BCUT2D eigenvalue weighted by Gasteiger charge is 2.26. The Morgan fingerprint density at radius 2 is 1.84 bits per heavy atom. The fourth-order valence-corrected chi connectivity index (χ4v) is 5.76. The molecule has 9 heteroatoms. The number of piperazine rings is 1. The van der Waals surface area contributed by atoms with E-state index >= 15 is 4.39 Å². The number of halogens is 1. The third-order valence-corrected chi connectivity index (χ3v) is 7.84. The van der Waals surface area contributed by atoms with E-state index in [1.807, 2.05) is 6.07 Å². The first kappa shape index (κ1) is 25.3. The van der Waals surface area contributed by atoms with Crippen molar-refractivity contribution < 1.29 is 9.18 Å². The molecule has 1 aliphatic heterocycles. The molecule has 1 aliphatic carbocycles. The van der Waals surface area contributed by atoms with Crippen LogP contribution in [0.2, 0.25) is 0 Å². The van der Waals surface area contributed by atoms with Crippen LogP contribution in [0.4, 0.5) is 21.7 Å². The lowest BCUT2D eigenvalue weighted by Gasteiger charge is -2.38. The highest BCUT2D eigenvalue weighted by molar-refractivity contribution is 5.99. The summed E-state index contributed by atoms with van der Waals surface area (Å²) in [4.78, 5) is 39.3. The second-order valence-corrected chi connectivity index (χ2v) is 10.5. The number of aromatic nitrogens is 3. The van der Waals surface area contributed by atoms with Crippen molar-refractivity contribution >= 4 is 34.1 Å². The van der Waals surface area contributed by atoms with Crippen molar-refractivity contribution in [2.45, 2.75) is 65.5 Å². The Labute approximate surface area is 216 Å². The van der Waals surface area contributed by atoms with Gasteiger partial charge in [0.15, 0.2) is 5.78 Å². The van der Waals surface area contributed by atoms with E-state index < -0.39 is 0 Å². The number of nitrogens with zero attached hydrogens (tertiary/aromatic N) is 5. The first-order valence-corrected chi connectivity index (χ1v) is 13.2. The molecule has 3 heterocycles. The van der Waals surface area contributed by atoms with Crippen LogP contribution >= 0.6 is 0 Å². The summed E-state index contributed by atoms with van der Waals surface area (Å²) in [7, 11) is 0. The normalized spacial score (nSPS) is 17.2. The Morgan fingerprint density at radius 3 is 2.46 bits per heavy atom. The summed E-state index contributed by atoms with van der Waals surface area (Å²) in [6.07, 6.45) is 5.48. The van der Waals surface area contributed by atoms with Crippen LogP contribution < -0.4 is 15.8 Å². The highest BCUT2D eigenvalue weighted by Crippen LogP contribution is 2.32. The Balaban J connectivity index is 1.45. The van der Waals surface area contributed by atoms with Crippen molar-refractivity contribution in [1.82, 2.24) is 19.4 Å². The van der Waals surface area contributed by atoms with Crippen LogP contribution in [-0.2, 0) is 0 Å². The molecule has 0 bridgehead atoms. The summed E-state index contributed by atoms with van der Waals surface area (Å²) < 4.78 is 16.8. The second-order valence-electron chi connectivity index (χ2n) is 10.5. The van der Waals surface area contributed by atoms with Gasteiger partial charge in [-0.3, -0.25) is 19.1 Å². The Morgan fingerprint density at radius 1 is 1.14 bits per heavy atom. The van der Waals surface area contributed by atoms with E-state index in [2.05, 4.69) is 33.9 Å². The number of hydrogen-bond acceptors (Lipinski definition) is 7. The van der Waals surface area contributed by atoms with Crippen molar-refractivity contribution in [3.05, 3.63) is 51.7 Å². The number of anilines is 3. The summed E-state index contributed by atoms with van der Waals surface area (Å²) in [5.41, 5.74) is 2.15. The maximum atomic E-state index is 15.1. The first-order valence-electron chi connectivity index (χ1n) is 13.2. The molecule has 2 aromatic heterocycles. The summed E-state index contributed by atoms with van der Waals surface area (Å²) in [6, 6.07) is 5.58. The van der Waals surface area contributed by atoms with Crippen LogP contribution in [0.5, 0.6) is 0 Å². The third-order valence-electron chi connectivity index (χ3n) is 7.84. The smallest absolute Gasteiger partial charge is 0.263 e. The topological polar surface area (TPSA) is 83.4 Å². The van der Waals surface area contributed by atoms with Crippen LogP contribution in [0.1, 0.15) is 68.4 Å². The Bertz CT molecular complexity index is 1390. The van der Waals surface area contributed by atoms with Crippen LogP contribution in [0, 0.1) is 12.7 Å². The van der Waals surface area contributed by atoms with Gasteiger partial charge in [0.05, 0.1) is 11.3 Å². The molecule has 2 fully saturated rings. The SMILES string of the molecule is CC(=O)c1c(C)c2cnc(Nc3ccc(N4CCN(C(C)C)CC4)c(F)c3)nc2n(C2CCCC2)c1=O. The van der Waals surface area contributed by atoms with E-state index in [1.165, 1.54) is 13.0 Å². The lowest BCUT2D eigenvalue weighted by atomic mass is 10.0. The molecule has 5 rings (SSSR count). The summed E-state index contributed by atoms with van der Waals surface area (Å²) >= 11 is 0. The number of carbonyl (C=O) groups is 1. The summed E-state index contributed by atoms with van der Waals surface area (Å²) in [5.74, 6) is -0.264. The molecule has 0 atom stereocenters. The number of benzene rings is 1. The first-order chi connectivity index (χ1) is 17.7. The average molecular weight is 507 g/mol. The van der Waals surface area contributed by atoms with Crippen molar-refractivity contribution in [1.29, 1.82) is 0 Å². The van der Waals surface area contributed by atoms with Crippen molar-refractivity contribution in [2.75, 3.05) is 36.4 Å². The van der Waals surface area contributed by atoms with E-state index in [-0.39, 0.29) is 34.7 Å². The molecular formula is C28H35FN6O2. The number of fused-ring (bicyclic) bond motifs is 1. The molecule has 37 heavy (non-hydrogen) atoms. The quantitative estimate of drug-likeness (QED) is 0.480. The maximum absolute atomic E-state index is 15.1. The number of Topliss-reactive ketones (excluding diaryl/α,β-unsaturated/α-hetero) is 1. The molecular weight excluding hydrogens is 471 g/mol. The van der Waals surface area contributed by atoms with Crippen LogP contribution in [0.3, 0.4) is 0 Å². The fourth-order valence-electron chi connectivity index (χ4n) is 5.76. The largest absolute Gasteiger partial charge is 0.367 e. The van der Waals surface area contributed by atoms with Crippen molar-refractivity contribution in [2.24, 2.45) is 0 Å². The van der Waals surface area contributed by atoms with Crippen LogP contribution in [0.15, 0.2) is 29.2 Å². The standard InChI is InChI=1S/C28H35FN6O2/c1-17(2)33-11-13-34(14-12-33)24-10-9-20(15-23(24)29)31-28-30-16-22-18(3)25(19(4)36)27(37)35(26(22)32-28)21-7-5-6-8-21/h9-10,15-17,21H,5-8,11-14H2,1-4H3,(H,30,31,32). The number of ketones is 1. The van der Waals surface area contributed by atoms with Gasteiger partial charge in [-0.2, -0.15) is 4.98 Å². The number of aryl methyl sites for hydroxylation is 1. The summed E-state index contributed by atoms with van der Waals surface area (Å²) in [5, 5.41) is 3.80. The number of pyridine rings is 1. The molecule has 0 radical (unpaired) electrons. The number of rotatable bonds is 6. The minimum Gasteiger partial charge on any atom is -0.367 e. The molecule has 1 N–H and O–H groups in total. The number of carbonyl (C=O) groups excluding carboxylic acids is 1. The van der Waals surface area contributed by atoms with Gasteiger partial charge >= 0.3 is 0 Å². The average Bonchev–Trinajstić information content (AvgIpc) is 3.38. The van der Waals surface area contributed by atoms with Gasteiger partial charge in [-0.05, 0) is 64.3 Å². The molecule has 3 aromatic rings. The van der Waals surface area contributed by atoms with E-state index in [0.717, 1.165) is 51.9 Å². The molecule has 0 amide bonds. The fraction of sp³-hybridized carbons (Fsp3) is 0.500. The monoisotopic (exact) mass is 506 g/mol. The lowest BCUT2D eigenvalue weighted by Crippen LogP contribution is -2.49. The predicted molar refractivity (Wildman–Crippen MR) is 145 cm³/mol. The van der Waals surface area contributed by atoms with Crippen molar-refractivity contribution in [3.8, 4) is 0 Å². The number of nitrogens with one attached hydrogen (secondary N) is 1. The van der Waals surface area contributed by atoms with Crippen molar-refractivity contribution in [3.63, 3.8) is 0 Å². The summed E-state index contributed by atoms with van der Waals surface area (Å²) in [6.45, 7) is 11.0. The molecule has 1 saturated carbocycles. The molecule has 2 aliphatic rings. The molecule has 196 valence electrons. The van der Waals surface area contributed by atoms with E-state index in [1.54, 1.807) is 23.8 Å². The highest BCUT2D eigenvalue weighted by atomic mass is 19.1. The third kappa shape index (κ3) is 4.84. The van der Waals surface area contributed by atoms with Gasteiger partial charge in [-0.1, -0.05) is 12.8 Å². The predicted octanol–water partition coefficient (Wildman–Crippen LogP) is 4.83. The molecule has 8 nitrogen and oxygen atoms in total. The van der Waals surface area contributed by atoms with E-state index in [0.29, 0.717) is 34.0 Å². The minimum absolute atomic E-state index is 0.00402. The van der Waals surface area contributed by atoms with Gasteiger partial charge in [0.2, 0.25) is 5.95 Å². The number of hydrogen-bond donors (Lipinski definition) is 1. The maximum Gasteiger partial charge on any atom is 0.263 e. The van der Waals surface area contributed by atoms with Crippen LogP contribution in [-0.4, -0.2) is 57.4 Å². The zero-order chi connectivity index (χ0) is 26.3. The zero-order valence-corrected chi connectivity index (χ0v) is 22.1. The Hall–Kier alpha value is -3.33. The van der Waals surface area contributed by atoms with E-state index in [4.69, 9.17) is 4.98 Å². The van der Waals surface area contributed by atoms with Gasteiger partial charge in [-0.15, -0.1) is 0 Å². The minimum atomic E-state index is -0.298. The Kier molecular flexibility index (Phi) is 6.98.